The van der Waals surface area contributed by atoms with Crippen molar-refractivity contribution < 1.29 is 14.6 Å². The Morgan fingerprint density at radius 2 is 2.60 bits per heavy atom. The lowest BCUT2D eigenvalue weighted by Crippen LogP contribution is -1.98. The molecule has 0 saturated carbocycles. The van der Waals surface area contributed by atoms with Crippen LogP contribution >= 0.6 is 11.3 Å². The molecule has 0 aliphatic heterocycles. The van der Waals surface area contributed by atoms with Gasteiger partial charge in [0.1, 0.15) is 6.61 Å². The van der Waals surface area contributed by atoms with E-state index in [1.54, 1.807) is 0 Å². The molecule has 0 radical (unpaired) electrons. The van der Waals surface area contributed by atoms with E-state index in [4.69, 9.17) is 5.11 Å². The number of carbonyl (C=O) groups is 1. The Morgan fingerprint density at radius 3 is 3.10 bits per heavy atom. The molecule has 1 heterocycles. The van der Waals surface area contributed by atoms with E-state index < -0.39 is 6.16 Å². The summed E-state index contributed by atoms with van der Waals surface area (Å²) in [5.74, 6) is 0. The normalized spacial score (nSPS) is 9.20. The van der Waals surface area contributed by atoms with Gasteiger partial charge in [0.25, 0.3) is 0 Å². The van der Waals surface area contributed by atoms with Crippen molar-refractivity contribution in [3.63, 3.8) is 0 Å². The highest BCUT2D eigenvalue weighted by Crippen LogP contribution is 2.09. The van der Waals surface area contributed by atoms with Crippen molar-refractivity contribution in [1.82, 2.24) is 0 Å². The van der Waals surface area contributed by atoms with Crippen molar-refractivity contribution in [1.29, 1.82) is 0 Å². The average molecular weight is 158 g/mol. The fourth-order valence-corrected chi connectivity index (χ4v) is 1.14. The zero-order valence-electron chi connectivity index (χ0n) is 5.11. The lowest BCUT2D eigenvalue weighted by atomic mass is 10.5. The molecule has 54 valence electrons. The van der Waals surface area contributed by atoms with Gasteiger partial charge in [-0.25, -0.2) is 4.79 Å². The standard InChI is InChI=1S/C6H6O3S/c7-6(8)9-4-5-2-1-3-10-5/h1-3H,4H2,(H,7,8). The smallest absolute Gasteiger partial charge is 0.450 e. The first-order valence-corrected chi connectivity index (χ1v) is 3.55. The van der Waals surface area contributed by atoms with Gasteiger partial charge in [-0.1, -0.05) is 6.07 Å². The molecule has 0 fully saturated rings. The first-order chi connectivity index (χ1) is 4.79. The molecule has 4 heteroatoms. The number of carboxylic acid groups (broad SMARTS) is 1. The van der Waals surface area contributed by atoms with Crippen LogP contribution in [0.2, 0.25) is 0 Å². The summed E-state index contributed by atoms with van der Waals surface area (Å²) >= 11 is 1.48. The van der Waals surface area contributed by atoms with Crippen LogP contribution in [0.25, 0.3) is 0 Å². The molecule has 1 aromatic rings. The van der Waals surface area contributed by atoms with E-state index in [9.17, 15) is 4.79 Å². The van der Waals surface area contributed by atoms with Gasteiger partial charge < -0.3 is 9.84 Å². The second kappa shape index (κ2) is 3.22. The molecule has 1 aromatic heterocycles. The SMILES string of the molecule is O=C(O)OCc1cccs1. The molecule has 0 unspecified atom stereocenters. The van der Waals surface area contributed by atoms with Gasteiger partial charge in [0.15, 0.2) is 0 Å². The molecule has 0 saturated heterocycles. The van der Waals surface area contributed by atoms with Crippen LogP contribution in [-0.4, -0.2) is 11.3 Å². The van der Waals surface area contributed by atoms with E-state index >= 15 is 0 Å². The van der Waals surface area contributed by atoms with Gasteiger partial charge in [0, 0.05) is 4.88 Å². The third kappa shape index (κ3) is 2.06. The maximum Gasteiger partial charge on any atom is 0.506 e. The number of ether oxygens (including phenoxy) is 1. The minimum atomic E-state index is -1.23. The van der Waals surface area contributed by atoms with Gasteiger partial charge in [-0.3, -0.25) is 0 Å². The lowest BCUT2D eigenvalue weighted by Gasteiger charge is -1.94. The van der Waals surface area contributed by atoms with Crippen molar-refractivity contribution in [2.45, 2.75) is 6.61 Å². The van der Waals surface area contributed by atoms with Gasteiger partial charge in [-0.2, -0.15) is 0 Å². The zero-order chi connectivity index (χ0) is 7.40. The fourth-order valence-electron chi connectivity index (χ4n) is 0.528. The van der Waals surface area contributed by atoms with Crippen LogP contribution in [0.5, 0.6) is 0 Å². The summed E-state index contributed by atoms with van der Waals surface area (Å²) in [5.41, 5.74) is 0. The minimum absolute atomic E-state index is 0.160. The third-order valence-electron chi connectivity index (χ3n) is 0.918. The topological polar surface area (TPSA) is 46.5 Å². The molecule has 0 spiro atoms. The molecule has 0 amide bonds. The molecule has 0 bridgehead atoms. The Morgan fingerprint density at radius 1 is 1.80 bits per heavy atom. The second-order valence-corrected chi connectivity index (χ2v) is 2.67. The highest BCUT2D eigenvalue weighted by molar-refractivity contribution is 7.09. The summed E-state index contributed by atoms with van der Waals surface area (Å²) in [6.07, 6.45) is -1.23. The van der Waals surface area contributed by atoms with Gasteiger partial charge in [-0.15, -0.1) is 11.3 Å². The molecule has 1 rings (SSSR count). The van der Waals surface area contributed by atoms with Crippen molar-refractivity contribution in [2.75, 3.05) is 0 Å². The van der Waals surface area contributed by atoms with Gasteiger partial charge in [-0.05, 0) is 11.4 Å². The summed E-state index contributed by atoms with van der Waals surface area (Å²) in [6, 6.07) is 3.68. The summed E-state index contributed by atoms with van der Waals surface area (Å²) in [7, 11) is 0. The number of rotatable bonds is 2. The molecule has 0 aliphatic carbocycles. The second-order valence-electron chi connectivity index (χ2n) is 1.63. The summed E-state index contributed by atoms with van der Waals surface area (Å²) in [4.78, 5) is 10.8. The summed E-state index contributed by atoms with van der Waals surface area (Å²) in [5, 5.41) is 9.97. The zero-order valence-corrected chi connectivity index (χ0v) is 5.93. The Bertz CT molecular complexity index is 205. The summed E-state index contributed by atoms with van der Waals surface area (Å²) in [6.45, 7) is 0.160. The van der Waals surface area contributed by atoms with Gasteiger partial charge in [0.05, 0.1) is 0 Å². The molecular formula is C6H6O3S. The maximum absolute atomic E-state index is 9.88. The van der Waals surface area contributed by atoms with Crippen molar-refractivity contribution in [3.8, 4) is 0 Å². The van der Waals surface area contributed by atoms with Crippen LogP contribution in [0.15, 0.2) is 17.5 Å². The molecule has 3 nitrogen and oxygen atoms in total. The summed E-state index contributed by atoms with van der Waals surface area (Å²) < 4.78 is 4.31. The highest BCUT2D eigenvalue weighted by Gasteiger charge is 1.97. The Kier molecular flexibility index (Phi) is 2.28. The number of hydrogen-bond donors (Lipinski definition) is 1. The number of thiophene rings is 1. The first kappa shape index (κ1) is 7.08. The third-order valence-corrected chi connectivity index (χ3v) is 1.77. The van der Waals surface area contributed by atoms with Crippen molar-refractivity contribution in [2.24, 2.45) is 0 Å². The Labute approximate surface area is 61.9 Å². The Hall–Kier alpha value is -1.03. The highest BCUT2D eigenvalue weighted by atomic mass is 32.1. The maximum atomic E-state index is 9.88. The first-order valence-electron chi connectivity index (χ1n) is 2.67. The predicted molar refractivity (Wildman–Crippen MR) is 37.1 cm³/mol. The molecule has 0 aliphatic rings. The van der Waals surface area contributed by atoms with Crippen molar-refractivity contribution in [3.05, 3.63) is 22.4 Å². The van der Waals surface area contributed by atoms with E-state index in [1.807, 2.05) is 17.5 Å². The van der Waals surface area contributed by atoms with Gasteiger partial charge >= 0.3 is 6.16 Å². The monoisotopic (exact) mass is 158 g/mol. The molecule has 0 atom stereocenters. The van der Waals surface area contributed by atoms with Crippen LogP contribution in [0.1, 0.15) is 4.88 Å². The van der Waals surface area contributed by atoms with Gasteiger partial charge in [0.2, 0.25) is 0 Å². The molecule has 1 N–H and O–H groups in total. The number of hydrogen-bond acceptors (Lipinski definition) is 3. The predicted octanol–water partition coefficient (Wildman–Crippen LogP) is 1.94. The Balaban J connectivity index is 2.35. The molecule has 10 heavy (non-hydrogen) atoms. The largest absolute Gasteiger partial charge is 0.506 e. The quantitative estimate of drug-likeness (QED) is 0.669. The van der Waals surface area contributed by atoms with Crippen LogP contribution in [0.4, 0.5) is 4.79 Å². The van der Waals surface area contributed by atoms with Crippen LogP contribution in [-0.2, 0) is 11.3 Å². The minimum Gasteiger partial charge on any atom is -0.450 e. The van der Waals surface area contributed by atoms with E-state index in [1.165, 1.54) is 11.3 Å². The van der Waals surface area contributed by atoms with Crippen LogP contribution in [0.3, 0.4) is 0 Å². The van der Waals surface area contributed by atoms with Crippen LogP contribution < -0.4 is 0 Å². The van der Waals surface area contributed by atoms with Crippen LogP contribution in [0, 0.1) is 0 Å². The molecule has 0 aromatic carbocycles. The lowest BCUT2D eigenvalue weighted by molar-refractivity contribution is 0.0862. The molecular weight excluding hydrogens is 152 g/mol. The van der Waals surface area contributed by atoms with E-state index in [-0.39, 0.29) is 6.61 Å². The van der Waals surface area contributed by atoms with E-state index in [0.717, 1.165) is 4.88 Å². The van der Waals surface area contributed by atoms with E-state index in [2.05, 4.69) is 4.74 Å². The van der Waals surface area contributed by atoms with Crippen molar-refractivity contribution >= 4 is 17.5 Å². The fraction of sp³-hybridized carbons (Fsp3) is 0.167. The van der Waals surface area contributed by atoms with E-state index in [0.29, 0.717) is 0 Å². The average Bonchev–Trinajstić information content (AvgIpc) is 2.34.